The Balaban J connectivity index is 1.87. The molecule has 0 atom stereocenters. The Labute approximate surface area is 113 Å². The Morgan fingerprint density at radius 2 is 1.89 bits per heavy atom. The van der Waals surface area contributed by atoms with Crippen LogP contribution in [0.15, 0.2) is 54.6 Å². The fourth-order valence-corrected chi connectivity index (χ4v) is 1.83. The lowest BCUT2D eigenvalue weighted by atomic mass is 10.1. The summed E-state index contributed by atoms with van der Waals surface area (Å²) in [5, 5.41) is 3.32. The largest absolute Gasteiger partial charge is 0.427 e. The van der Waals surface area contributed by atoms with Gasteiger partial charge in [0, 0.05) is 25.2 Å². The van der Waals surface area contributed by atoms with E-state index in [0.29, 0.717) is 5.75 Å². The zero-order valence-corrected chi connectivity index (χ0v) is 10.9. The molecular weight excluding hydrogens is 238 g/mol. The van der Waals surface area contributed by atoms with Gasteiger partial charge in [-0.2, -0.15) is 0 Å². The van der Waals surface area contributed by atoms with E-state index in [1.807, 2.05) is 36.4 Å². The van der Waals surface area contributed by atoms with Gasteiger partial charge in [-0.1, -0.05) is 36.4 Å². The first kappa shape index (κ1) is 13.1. The monoisotopic (exact) mass is 255 g/mol. The van der Waals surface area contributed by atoms with Crippen molar-refractivity contribution in [1.29, 1.82) is 0 Å². The van der Waals surface area contributed by atoms with Gasteiger partial charge in [0.2, 0.25) is 0 Å². The molecule has 0 aliphatic carbocycles. The van der Waals surface area contributed by atoms with Crippen LogP contribution in [0.2, 0.25) is 0 Å². The van der Waals surface area contributed by atoms with Crippen molar-refractivity contribution >= 4 is 11.7 Å². The number of nitrogens with one attached hydrogen (secondary N) is 1. The molecule has 0 amide bonds. The van der Waals surface area contributed by atoms with Crippen LogP contribution in [0.4, 0.5) is 5.69 Å². The average Bonchev–Trinajstić information content (AvgIpc) is 2.40. The van der Waals surface area contributed by atoms with E-state index in [4.69, 9.17) is 4.74 Å². The summed E-state index contributed by atoms with van der Waals surface area (Å²) >= 11 is 0. The number of hydrogen-bond acceptors (Lipinski definition) is 3. The molecule has 2 aromatic carbocycles. The van der Waals surface area contributed by atoms with Gasteiger partial charge in [0.25, 0.3) is 0 Å². The van der Waals surface area contributed by atoms with Crippen LogP contribution in [0.5, 0.6) is 5.75 Å². The highest BCUT2D eigenvalue weighted by molar-refractivity contribution is 5.69. The van der Waals surface area contributed by atoms with E-state index in [1.54, 1.807) is 6.07 Å². The summed E-state index contributed by atoms with van der Waals surface area (Å²) in [7, 11) is 0. The quantitative estimate of drug-likeness (QED) is 0.658. The Morgan fingerprint density at radius 1 is 1.11 bits per heavy atom. The van der Waals surface area contributed by atoms with Gasteiger partial charge in [-0.05, 0) is 24.1 Å². The first-order chi connectivity index (χ1) is 9.24. The highest BCUT2D eigenvalue weighted by atomic mass is 16.5. The molecular formula is C16H17NO2. The van der Waals surface area contributed by atoms with Crippen molar-refractivity contribution in [2.24, 2.45) is 0 Å². The molecule has 0 fully saturated rings. The predicted molar refractivity (Wildman–Crippen MR) is 76.4 cm³/mol. The first-order valence-corrected chi connectivity index (χ1v) is 6.30. The lowest BCUT2D eigenvalue weighted by Crippen LogP contribution is -2.06. The molecule has 3 heteroatoms. The van der Waals surface area contributed by atoms with Gasteiger partial charge in [0.1, 0.15) is 5.75 Å². The van der Waals surface area contributed by atoms with Crippen molar-refractivity contribution in [2.45, 2.75) is 13.3 Å². The van der Waals surface area contributed by atoms with E-state index in [-0.39, 0.29) is 5.97 Å². The SMILES string of the molecule is CC(=O)Oc1cccc(NCCc2ccccc2)c1. The Morgan fingerprint density at radius 3 is 2.63 bits per heavy atom. The van der Waals surface area contributed by atoms with E-state index >= 15 is 0 Å². The normalized spacial score (nSPS) is 9.95. The second kappa shape index (κ2) is 6.59. The summed E-state index contributed by atoms with van der Waals surface area (Å²) in [6.07, 6.45) is 0.957. The Hall–Kier alpha value is -2.29. The molecule has 0 spiro atoms. The second-order valence-corrected chi connectivity index (χ2v) is 4.28. The van der Waals surface area contributed by atoms with Gasteiger partial charge in [-0.3, -0.25) is 4.79 Å². The lowest BCUT2D eigenvalue weighted by molar-refractivity contribution is -0.131. The third-order valence-corrected chi connectivity index (χ3v) is 2.68. The van der Waals surface area contributed by atoms with Crippen LogP contribution in [0, 0.1) is 0 Å². The lowest BCUT2D eigenvalue weighted by Gasteiger charge is -2.08. The summed E-state index contributed by atoms with van der Waals surface area (Å²) in [6.45, 7) is 2.24. The van der Waals surface area contributed by atoms with Gasteiger partial charge >= 0.3 is 5.97 Å². The minimum atomic E-state index is -0.304. The van der Waals surface area contributed by atoms with Gasteiger partial charge < -0.3 is 10.1 Å². The number of carbonyl (C=O) groups excluding carboxylic acids is 1. The molecule has 3 nitrogen and oxygen atoms in total. The molecule has 19 heavy (non-hydrogen) atoms. The van der Waals surface area contributed by atoms with Crippen LogP contribution in [-0.2, 0) is 11.2 Å². The fraction of sp³-hybridized carbons (Fsp3) is 0.188. The topological polar surface area (TPSA) is 38.3 Å². The fourth-order valence-electron chi connectivity index (χ4n) is 1.83. The average molecular weight is 255 g/mol. The molecule has 2 aromatic rings. The maximum atomic E-state index is 10.9. The molecule has 0 aliphatic rings. The van der Waals surface area contributed by atoms with E-state index in [1.165, 1.54) is 12.5 Å². The van der Waals surface area contributed by atoms with Gasteiger partial charge in [0.15, 0.2) is 0 Å². The van der Waals surface area contributed by atoms with Crippen LogP contribution >= 0.6 is 0 Å². The van der Waals surface area contributed by atoms with Gasteiger partial charge in [0.05, 0.1) is 0 Å². The van der Waals surface area contributed by atoms with Crippen molar-refractivity contribution in [3.63, 3.8) is 0 Å². The summed E-state index contributed by atoms with van der Waals surface area (Å²) < 4.78 is 5.04. The van der Waals surface area contributed by atoms with Crippen LogP contribution in [0.1, 0.15) is 12.5 Å². The zero-order chi connectivity index (χ0) is 13.5. The highest BCUT2D eigenvalue weighted by Crippen LogP contribution is 2.17. The van der Waals surface area contributed by atoms with Crippen molar-refractivity contribution in [3.8, 4) is 5.75 Å². The van der Waals surface area contributed by atoms with Crippen LogP contribution in [-0.4, -0.2) is 12.5 Å². The predicted octanol–water partition coefficient (Wildman–Crippen LogP) is 3.27. The third kappa shape index (κ3) is 4.47. The maximum Gasteiger partial charge on any atom is 0.308 e. The molecule has 2 rings (SSSR count). The number of benzene rings is 2. The molecule has 0 aromatic heterocycles. The highest BCUT2D eigenvalue weighted by Gasteiger charge is 1.99. The molecule has 0 unspecified atom stereocenters. The molecule has 0 aliphatic heterocycles. The van der Waals surface area contributed by atoms with Crippen molar-refractivity contribution in [2.75, 3.05) is 11.9 Å². The molecule has 0 saturated heterocycles. The first-order valence-electron chi connectivity index (χ1n) is 6.30. The van der Waals surface area contributed by atoms with Crippen LogP contribution < -0.4 is 10.1 Å². The van der Waals surface area contributed by atoms with Crippen LogP contribution in [0.25, 0.3) is 0 Å². The maximum absolute atomic E-state index is 10.9. The van der Waals surface area contributed by atoms with Crippen molar-refractivity contribution in [3.05, 3.63) is 60.2 Å². The minimum Gasteiger partial charge on any atom is -0.427 e. The number of carbonyl (C=O) groups is 1. The number of ether oxygens (including phenoxy) is 1. The molecule has 0 heterocycles. The number of anilines is 1. The number of hydrogen-bond donors (Lipinski definition) is 1. The second-order valence-electron chi connectivity index (χ2n) is 4.28. The Kier molecular flexibility index (Phi) is 4.56. The zero-order valence-electron chi connectivity index (χ0n) is 10.9. The molecule has 1 N–H and O–H groups in total. The van der Waals surface area contributed by atoms with E-state index in [9.17, 15) is 4.79 Å². The minimum absolute atomic E-state index is 0.304. The third-order valence-electron chi connectivity index (χ3n) is 2.68. The van der Waals surface area contributed by atoms with Crippen molar-refractivity contribution in [1.82, 2.24) is 0 Å². The number of rotatable bonds is 5. The molecule has 0 saturated carbocycles. The van der Waals surface area contributed by atoms with Crippen LogP contribution in [0.3, 0.4) is 0 Å². The number of esters is 1. The van der Waals surface area contributed by atoms with Gasteiger partial charge in [-0.25, -0.2) is 0 Å². The molecule has 0 bridgehead atoms. The smallest absolute Gasteiger partial charge is 0.308 e. The van der Waals surface area contributed by atoms with E-state index < -0.39 is 0 Å². The summed E-state index contributed by atoms with van der Waals surface area (Å²) in [5.74, 6) is 0.263. The summed E-state index contributed by atoms with van der Waals surface area (Å²) in [5.41, 5.74) is 2.25. The van der Waals surface area contributed by atoms with E-state index in [0.717, 1.165) is 18.7 Å². The summed E-state index contributed by atoms with van der Waals surface area (Å²) in [6, 6.07) is 17.7. The molecule has 0 radical (unpaired) electrons. The molecule has 98 valence electrons. The van der Waals surface area contributed by atoms with E-state index in [2.05, 4.69) is 17.4 Å². The van der Waals surface area contributed by atoms with Crippen molar-refractivity contribution < 1.29 is 9.53 Å². The standard InChI is InChI=1S/C16H17NO2/c1-13(18)19-16-9-5-8-15(12-16)17-11-10-14-6-3-2-4-7-14/h2-9,12,17H,10-11H2,1H3. The summed E-state index contributed by atoms with van der Waals surface area (Å²) in [4.78, 5) is 10.9. The Bertz CT molecular complexity index is 537. The van der Waals surface area contributed by atoms with Gasteiger partial charge in [-0.15, -0.1) is 0 Å².